The van der Waals surface area contributed by atoms with E-state index in [-0.39, 0.29) is 6.61 Å². The summed E-state index contributed by atoms with van der Waals surface area (Å²) in [6, 6.07) is 24.7. The summed E-state index contributed by atoms with van der Waals surface area (Å²) < 4.78 is 5.92. The number of aromatic nitrogens is 1. The van der Waals surface area contributed by atoms with Gasteiger partial charge in [0.25, 0.3) is 0 Å². The molecule has 4 heteroatoms. The Morgan fingerprint density at radius 3 is 2.57 bits per heavy atom. The van der Waals surface area contributed by atoms with E-state index in [4.69, 9.17) is 4.74 Å². The topological polar surface area (TPSA) is 57.3 Å². The lowest BCUT2D eigenvalue weighted by Gasteiger charge is -2.14. The van der Waals surface area contributed by atoms with E-state index in [1.165, 1.54) is 10.9 Å². The monoisotopic (exact) mass is 374 g/mol. The first-order valence-electron chi connectivity index (χ1n) is 9.86. The molecule has 0 bridgehead atoms. The van der Waals surface area contributed by atoms with Crippen LogP contribution < -0.4 is 10.1 Å². The first kappa shape index (κ1) is 18.5. The van der Waals surface area contributed by atoms with Crippen molar-refractivity contribution in [3.05, 3.63) is 78.4 Å². The number of nitrogens with one attached hydrogen (secondary N) is 2. The third-order valence-electron chi connectivity index (χ3n) is 4.98. The molecule has 4 aromatic rings. The summed E-state index contributed by atoms with van der Waals surface area (Å²) in [6.07, 6.45) is 1.55. The van der Waals surface area contributed by atoms with Gasteiger partial charge in [0.05, 0.1) is 5.52 Å². The molecule has 0 saturated heterocycles. The Bertz CT molecular complexity index is 1030. The Balaban J connectivity index is 1.26. The van der Waals surface area contributed by atoms with Gasteiger partial charge < -0.3 is 20.1 Å². The number of para-hydroxylation sites is 2. The van der Waals surface area contributed by atoms with Crippen molar-refractivity contribution in [3.63, 3.8) is 0 Å². The minimum Gasteiger partial charge on any atom is -0.489 e. The number of benzene rings is 3. The molecule has 1 aromatic heterocycles. The van der Waals surface area contributed by atoms with E-state index in [0.29, 0.717) is 6.54 Å². The van der Waals surface area contributed by atoms with Crippen LogP contribution in [0.4, 0.5) is 0 Å². The van der Waals surface area contributed by atoms with Gasteiger partial charge in [-0.05, 0) is 37.1 Å². The maximum absolute atomic E-state index is 10.2. The molecular weight excluding hydrogens is 348 g/mol. The van der Waals surface area contributed by atoms with Gasteiger partial charge in [0, 0.05) is 22.8 Å². The maximum Gasteiger partial charge on any atom is 0.143 e. The average Bonchev–Trinajstić information content (AvgIpc) is 3.12. The highest BCUT2D eigenvalue weighted by Crippen LogP contribution is 2.31. The number of fused-ring (bicyclic) bond motifs is 3. The van der Waals surface area contributed by atoms with E-state index in [1.807, 2.05) is 30.3 Å². The van der Waals surface area contributed by atoms with E-state index >= 15 is 0 Å². The van der Waals surface area contributed by atoms with Crippen LogP contribution in [0.15, 0.2) is 72.8 Å². The zero-order chi connectivity index (χ0) is 19.2. The molecule has 0 aliphatic heterocycles. The SMILES string of the molecule is OC(CNCCCc1ccccc1)COc1cccc2c1[nH]c1ccccc12. The second-order valence-electron chi connectivity index (χ2n) is 7.11. The lowest BCUT2D eigenvalue weighted by atomic mass is 10.1. The Labute approximate surface area is 165 Å². The van der Waals surface area contributed by atoms with Gasteiger partial charge in [0.1, 0.15) is 18.5 Å². The molecule has 1 unspecified atom stereocenters. The van der Waals surface area contributed by atoms with Crippen molar-refractivity contribution in [1.29, 1.82) is 0 Å². The van der Waals surface area contributed by atoms with Crippen LogP contribution in [0.5, 0.6) is 5.75 Å². The van der Waals surface area contributed by atoms with Gasteiger partial charge >= 0.3 is 0 Å². The minimum atomic E-state index is -0.545. The van der Waals surface area contributed by atoms with Crippen molar-refractivity contribution in [2.24, 2.45) is 0 Å². The summed E-state index contributed by atoms with van der Waals surface area (Å²) in [5.74, 6) is 0.775. The van der Waals surface area contributed by atoms with Crippen LogP contribution in [0, 0.1) is 0 Å². The fraction of sp³-hybridized carbons (Fsp3) is 0.250. The van der Waals surface area contributed by atoms with Crippen molar-refractivity contribution in [1.82, 2.24) is 10.3 Å². The quantitative estimate of drug-likeness (QED) is 0.383. The van der Waals surface area contributed by atoms with Crippen molar-refractivity contribution in [3.8, 4) is 5.75 Å². The highest BCUT2D eigenvalue weighted by atomic mass is 16.5. The van der Waals surface area contributed by atoms with Crippen molar-refractivity contribution < 1.29 is 9.84 Å². The molecule has 0 saturated carbocycles. The van der Waals surface area contributed by atoms with Crippen LogP contribution >= 0.6 is 0 Å². The highest BCUT2D eigenvalue weighted by molar-refractivity contribution is 6.09. The number of hydrogen-bond donors (Lipinski definition) is 3. The molecule has 1 heterocycles. The number of aryl methyl sites for hydroxylation is 1. The van der Waals surface area contributed by atoms with Gasteiger partial charge in [-0.25, -0.2) is 0 Å². The fourth-order valence-electron chi connectivity index (χ4n) is 3.54. The number of H-pyrrole nitrogens is 1. The molecule has 1 atom stereocenters. The van der Waals surface area contributed by atoms with E-state index in [9.17, 15) is 5.11 Å². The van der Waals surface area contributed by atoms with E-state index in [0.717, 1.165) is 41.6 Å². The van der Waals surface area contributed by atoms with E-state index < -0.39 is 6.10 Å². The second-order valence-corrected chi connectivity index (χ2v) is 7.11. The molecule has 0 aliphatic carbocycles. The molecule has 3 aromatic carbocycles. The van der Waals surface area contributed by atoms with Gasteiger partial charge in [-0.2, -0.15) is 0 Å². The first-order chi connectivity index (χ1) is 13.8. The third kappa shape index (κ3) is 4.35. The molecule has 0 amide bonds. The number of aromatic amines is 1. The summed E-state index contributed by atoms with van der Waals surface area (Å²) in [4.78, 5) is 3.42. The summed E-state index contributed by atoms with van der Waals surface area (Å²) >= 11 is 0. The molecule has 0 radical (unpaired) electrons. The molecule has 0 spiro atoms. The van der Waals surface area contributed by atoms with Gasteiger partial charge in [-0.15, -0.1) is 0 Å². The van der Waals surface area contributed by atoms with Crippen LogP contribution in [0.2, 0.25) is 0 Å². The number of aliphatic hydroxyl groups is 1. The second kappa shape index (κ2) is 8.91. The number of aliphatic hydroxyl groups excluding tert-OH is 1. The molecule has 0 aliphatic rings. The van der Waals surface area contributed by atoms with E-state index in [1.54, 1.807) is 0 Å². The normalized spacial score (nSPS) is 12.5. The van der Waals surface area contributed by atoms with Gasteiger partial charge in [0.2, 0.25) is 0 Å². The summed E-state index contributed by atoms with van der Waals surface area (Å²) in [5, 5.41) is 15.9. The Morgan fingerprint density at radius 1 is 0.893 bits per heavy atom. The smallest absolute Gasteiger partial charge is 0.143 e. The van der Waals surface area contributed by atoms with Crippen LogP contribution in [0.1, 0.15) is 12.0 Å². The summed E-state index contributed by atoms with van der Waals surface area (Å²) in [5.41, 5.74) is 3.42. The number of ether oxygens (including phenoxy) is 1. The standard InChI is InChI=1S/C24H26N2O2/c27-19(16-25-15-7-10-18-8-2-1-3-9-18)17-28-23-14-6-12-21-20-11-4-5-13-22(20)26-24(21)23/h1-6,8-9,11-14,19,25-27H,7,10,15-17H2. The Morgan fingerprint density at radius 2 is 1.68 bits per heavy atom. The highest BCUT2D eigenvalue weighted by Gasteiger charge is 2.10. The molecule has 4 rings (SSSR count). The lowest BCUT2D eigenvalue weighted by Crippen LogP contribution is -2.32. The van der Waals surface area contributed by atoms with Crippen LogP contribution in [-0.2, 0) is 6.42 Å². The van der Waals surface area contributed by atoms with Gasteiger partial charge in [-0.1, -0.05) is 60.7 Å². The van der Waals surface area contributed by atoms with Gasteiger partial charge in [0.15, 0.2) is 0 Å². The van der Waals surface area contributed by atoms with Crippen molar-refractivity contribution >= 4 is 21.8 Å². The zero-order valence-corrected chi connectivity index (χ0v) is 15.9. The summed E-state index contributed by atoms with van der Waals surface area (Å²) in [6.45, 7) is 1.67. The van der Waals surface area contributed by atoms with Gasteiger partial charge in [-0.3, -0.25) is 0 Å². The first-order valence-corrected chi connectivity index (χ1v) is 9.86. The van der Waals surface area contributed by atoms with E-state index in [2.05, 4.69) is 52.8 Å². The average molecular weight is 374 g/mol. The molecule has 28 heavy (non-hydrogen) atoms. The van der Waals surface area contributed by atoms with Crippen molar-refractivity contribution in [2.75, 3.05) is 19.7 Å². The van der Waals surface area contributed by atoms with Crippen LogP contribution in [-0.4, -0.2) is 35.9 Å². The molecule has 0 fully saturated rings. The molecule has 144 valence electrons. The zero-order valence-electron chi connectivity index (χ0n) is 15.9. The number of rotatable bonds is 9. The lowest BCUT2D eigenvalue weighted by molar-refractivity contribution is 0.107. The van der Waals surface area contributed by atoms with Crippen molar-refractivity contribution in [2.45, 2.75) is 18.9 Å². The van der Waals surface area contributed by atoms with Crippen LogP contribution in [0.3, 0.4) is 0 Å². The Hall–Kier alpha value is -2.82. The molecule has 3 N–H and O–H groups in total. The predicted octanol–water partition coefficient (Wildman–Crippen LogP) is 4.28. The fourth-order valence-corrected chi connectivity index (χ4v) is 3.54. The maximum atomic E-state index is 10.2. The summed E-state index contributed by atoms with van der Waals surface area (Å²) in [7, 11) is 0. The minimum absolute atomic E-state index is 0.264. The molecular formula is C24H26N2O2. The third-order valence-corrected chi connectivity index (χ3v) is 4.98. The number of hydrogen-bond acceptors (Lipinski definition) is 3. The predicted molar refractivity (Wildman–Crippen MR) is 115 cm³/mol. The van der Waals surface area contributed by atoms with Crippen LogP contribution in [0.25, 0.3) is 21.8 Å². The Kier molecular flexibility index (Phi) is 5.90. The largest absolute Gasteiger partial charge is 0.489 e. The molecule has 4 nitrogen and oxygen atoms in total.